The van der Waals surface area contributed by atoms with Crippen molar-refractivity contribution < 1.29 is 23.5 Å². The van der Waals surface area contributed by atoms with Gasteiger partial charge in [0.15, 0.2) is 10.9 Å². The predicted octanol–water partition coefficient (Wildman–Crippen LogP) is 4.21. The van der Waals surface area contributed by atoms with E-state index in [-0.39, 0.29) is 30.0 Å². The second-order valence-corrected chi connectivity index (χ2v) is 8.61. The van der Waals surface area contributed by atoms with Gasteiger partial charge in [-0.15, -0.1) is 23.1 Å². The zero-order valence-electron chi connectivity index (χ0n) is 16.9. The number of aromatic nitrogens is 1. The minimum absolute atomic E-state index is 0.0705. The number of rotatable bonds is 9. The summed E-state index contributed by atoms with van der Waals surface area (Å²) in [6.45, 7) is 3.84. The van der Waals surface area contributed by atoms with Gasteiger partial charge >= 0.3 is 5.97 Å². The first-order chi connectivity index (χ1) is 14.9. The number of benzene rings is 1. The van der Waals surface area contributed by atoms with Crippen LogP contribution in [0.3, 0.4) is 0 Å². The molecule has 2 heterocycles. The lowest BCUT2D eigenvalue weighted by Gasteiger charge is -2.11. The minimum Gasteiger partial charge on any atom is -0.466 e. The molecular weight excluding hydrogens is 438 g/mol. The lowest BCUT2D eigenvalue weighted by molar-refractivity contribution is -0.142. The van der Waals surface area contributed by atoms with Gasteiger partial charge in [0.1, 0.15) is 0 Å². The summed E-state index contributed by atoms with van der Waals surface area (Å²) in [6, 6.07) is 10.4. The van der Waals surface area contributed by atoms with Gasteiger partial charge in [0.25, 0.3) is 5.91 Å². The summed E-state index contributed by atoms with van der Waals surface area (Å²) in [4.78, 5) is 41.3. The quantitative estimate of drug-likeness (QED) is 0.364. The van der Waals surface area contributed by atoms with Gasteiger partial charge in [-0.25, -0.2) is 4.98 Å². The second-order valence-electron chi connectivity index (χ2n) is 6.33. The maximum Gasteiger partial charge on any atom is 0.311 e. The normalized spacial score (nSPS) is 11.5. The van der Waals surface area contributed by atoms with Crippen molar-refractivity contribution in [1.82, 2.24) is 4.98 Å². The van der Waals surface area contributed by atoms with Gasteiger partial charge in [0.2, 0.25) is 5.91 Å². The average Bonchev–Trinajstić information content (AvgIpc) is 3.41. The zero-order chi connectivity index (χ0) is 22.2. The fourth-order valence-corrected chi connectivity index (χ4v) is 4.16. The molecule has 0 radical (unpaired) electrons. The number of amides is 2. The summed E-state index contributed by atoms with van der Waals surface area (Å²) >= 11 is 2.60. The van der Waals surface area contributed by atoms with Crippen molar-refractivity contribution in [3.8, 4) is 0 Å². The molecule has 0 bridgehead atoms. The van der Waals surface area contributed by atoms with Gasteiger partial charge in [0.05, 0.1) is 30.2 Å². The van der Waals surface area contributed by atoms with Crippen molar-refractivity contribution in [3.05, 3.63) is 59.5 Å². The van der Waals surface area contributed by atoms with E-state index in [2.05, 4.69) is 15.6 Å². The van der Waals surface area contributed by atoms with Crippen LogP contribution in [0.25, 0.3) is 0 Å². The summed E-state index contributed by atoms with van der Waals surface area (Å²) in [5, 5.41) is 7.26. The number of hydrogen-bond acceptors (Lipinski definition) is 8. The molecule has 0 saturated carbocycles. The lowest BCUT2D eigenvalue weighted by atomic mass is 10.3. The Bertz CT molecular complexity index is 1050. The molecule has 0 aliphatic heterocycles. The van der Waals surface area contributed by atoms with E-state index in [0.29, 0.717) is 23.1 Å². The summed E-state index contributed by atoms with van der Waals surface area (Å²) in [6.07, 6.45) is 1.50. The van der Waals surface area contributed by atoms with Crippen molar-refractivity contribution in [2.75, 3.05) is 17.2 Å². The van der Waals surface area contributed by atoms with Gasteiger partial charge in [-0.05, 0) is 44.2 Å². The number of anilines is 2. The first kappa shape index (κ1) is 22.6. The molecule has 0 spiro atoms. The van der Waals surface area contributed by atoms with Gasteiger partial charge in [-0.2, -0.15) is 0 Å². The third-order valence-corrected chi connectivity index (χ3v) is 5.83. The SMILES string of the molecule is CCOC(=O)Cc1csc(NC(=O)C(C)Sc2cccc(NC(=O)c3ccco3)c2)n1. The second kappa shape index (κ2) is 10.8. The highest BCUT2D eigenvalue weighted by Gasteiger charge is 2.17. The highest BCUT2D eigenvalue weighted by atomic mass is 32.2. The van der Waals surface area contributed by atoms with E-state index in [1.54, 1.807) is 49.6 Å². The molecule has 2 N–H and O–H groups in total. The third-order valence-electron chi connectivity index (χ3n) is 3.93. The van der Waals surface area contributed by atoms with Crippen LogP contribution in [0.2, 0.25) is 0 Å². The number of nitrogens with zero attached hydrogens (tertiary/aromatic N) is 1. The first-order valence-electron chi connectivity index (χ1n) is 9.47. The lowest BCUT2D eigenvalue weighted by Crippen LogP contribution is -2.22. The summed E-state index contributed by atoms with van der Waals surface area (Å²) < 4.78 is 9.98. The van der Waals surface area contributed by atoms with Crippen molar-refractivity contribution in [3.63, 3.8) is 0 Å². The smallest absolute Gasteiger partial charge is 0.311 e. The molecule has 0 saturated heterocycles. The van der Waals surface area contributed by atoms with E-state index < -0.39 is 5.25 Å². The van der Waals surface area contributed by atoms with Gasteiger partial charge < -0.3 is 19.8 Å². The number of carbonyl (C=O) groups excluding carboxylic acids is 3. The number of carbonyl (C=O) groups is 3. The third kappa shape index (κ3) is 6.69. The molecule has 1 aromatic carbocycles. The van der Waals surface area contributed by atoms with Crippen LogP contribution in [-0.4, -0.2) is 34.6 Å². The summed E-state index contributed by atoms with van der Waals surface area (Å²) in [5.74, 6) is -0.697. The predicted molar refractivity (Wildman–Crippen MR) is 120 cm³/mol. The largest absolute Gasteiger partial charge is 0.466 e. The van der Waals surface area contributed by atoms with E-state index in [1.807, 2.05) is 6.07 Å². The summed E-state index contributed by atoms with van der Waals surface area (Å²) in [5.41, 5.74) is 1.15. The monoisotopic (exact) mass is 459 g/mol. The molecule has 2 aromatic heterocycles. The van der Waals surface area contributed by atoms with Gasteiger partial charge in [-0.3, -0.25) is 14.4 Å². The van der Waals surface area contributed by atoms with Crippen LogP contribution in [-0.2, 0) is 20.7 Å². The topological polar surface area (TPSA) is 111 Å². The number of nitrogens with one attached hydrogen (secondary N) is 2. The molecule has 0 fully saturated rings. The Morgan fingerprint density at radius 2 is 2.06 bits per heavy atom. The number of ether oxygens (including phenoxy) is 1. The van der Waals surface area contributed by atoms with Crippen LogP contribution in [0.4, 0.5) is 10.8 Å². The van der Waals surface area contributed by atoms with Gasteiger partial charge in [0, 0.05) is 16.0 Å². The number of esters is 1. The highest BCUT2D eigenvalue weighted by Crippen LogP contribution is 2.27. The maximum atomic E-state index is 12.5. The van der Waals surface area contributed by atoms with Crippen LogP contribution in [0.15, 0.2) is 57.4 Å². The maximum absolute atomic E-state index is 12.5. The Morgan fingerprint density at radius 3 is 2.81 bits per heavy atom. The first-order valence-corrected chi connectivity index (χ1v) is 11.2. The van der Waals surface area contributed by atoms with E-state index >= 15 is 0 Å². The van der Waals surface area contributed by atoms with Crippen LogP contribution < -0.4 is 10.6 Å². The van der Waals surface area contributed by atoms with Crippen LogP contribution >= 0.6 is 23.1 Å². The Labute approximate surface area is 187 Å². The molecule has 1 unspecified atom stereocenters. The molecule has 3 aromatic rings. The van der Waals surface area contributed by atoms with Crippen molar-refractivity contribution in [2.24, 2.45) is 0 Å². The molecule has 31 heavy (non-hydrogen) atoms. The molecule has 162 valence electrons. The van der Waals surface area contributed by atoms with Crippen LogP contribution in [0.5, 0.6) is 0 Å². The minimum atomic E-state index is -0.409. The highest BCUT2D eigenvalue weighted by molar-refractivity contribution is 8.00. The number of furan rings is 1. The Kier molecular flexibility index (Phi) is 7.85. The fourth-order valence-electron chi connectivity index (χ4n) is 2.52. The zero-order valence-corrected chi connectivity index (χ0v) is 18.5. The molecule has 8 nitrogen and oxygen atoms in total. The molecule has 0 aliphatic rings. The molecule has 3 rings (SSSR count). The van der Waals surface area contributed by atoms with E-state index in [0.717, 1.165) is 4.90 Å². The standard InChI is InChI=1S/C21H21N3O5S2/c1-3-28-18(25)11-15-12-30-21(23-15)24-19(26)13(2)31-16-7-4-6-14(10-16)22-20(27)17-8-5-9-29-17/h4-10,12-13H,3,11H2,1-2H3,(H,22,27)(H,23,24,26). The molecule has 2 amide bonds. The van der Waals surface area contributed by atoms with Crippen molar-refractivity contribution >= 4 is 51.7 Å². The fraction of sp³-hybridized carbons (Fsp3) is 0.238. The molecule has 1 atom stereocenters. The number of thiazole rings is 1. The van der Waals surface area contributed by atoms with Crippen molar-refractivity contribution in [1.29, 1.82) is 0 Å². The Morgan fingerprint density at radius 1 is 1.23 bits per heavy atom. The summed E-state index contributed by atoms with van der Waals surface area (Å²) in [7, 11) is 0. The van der Waals surface area contributed by atoms with E-state index in [4.69, 9.17) is 9.15 Å². The van der Waals surface area contributed by atoms with E-state index in [9.17, 15) is 14.4 Å². The average molecular weight is 460 g/mol. The van der Waals surface area contributed by atoms with Gasteiger partial charge in [-0.1, -0.05) is 6.07 Å². The van der Waals surface area contributed by atoms with Crippen LogP contribution in [0, 0.1) is 0 Å². The Hall–Kier alpha value is -3.11. The molecule has 0 aliphatic carbocycles. The number of thioether (sulfide) groups is 1. The van der Waals surface area contributed by atoms with E-state index in [1.165, 1.54) is 29.4 Å². The van der Waals surface area contributed by atoms with Crippen molar-refractivity contribution in [2.45, 2.75) is 30.4 Å². The number of hydrogen-bond donors (Lipinski definition) is 2. The molecular formula is C21H21N3O5S2. The molecule has 10 heteroatoms. The van der Waals surface area contributed by atoms with Crippen LogP contribution in [0.1, 0.15) is 30.1 Å². The Balaban J connectivity index is 1.54.